The van der Waals surface area contributed by atoms with Crippen LogP contribution in [0.25, 0.3) is 0 Å². The number of hydrogen-bond acceptors (Lipinski definition) is 6. The van der Waals surface area contributed by atoms with Crippen LogP contribution in [0.4, 0.5) is 0 Å². The van der Waals surface area contributed by atoms with Crippen molar-refractivity contribution in [1.29, 1.82) is 0 Å². The molecule has 1 heterocycles. The highest BCUT2D eigenvalue weighted by Crippen LogP contribution is 2.17. The molecule has 1 aromatic rings. The van der Waals surface area contributed by atoms with Crippen molar-refractivity contribution in [2.24, 2.45) is 22.4 Å². The van der Waals surface area contributed by atoms with Gasteiger partial charge in [-0.3, -0.25) is 29.0 Å². The largest absolute Gasteiger partial charge is 0.370 e. The predicted octanol–water partition coefficient (Wildman–Crippen LogP) is -0.282. The van der Waals surface area contributed by atoms with Gasteiger partial charge in [-0.25, -0.2) is 0 Å². The van der Waals surface area contributed by atoms with Crippen LogP contribution in [0.1, 0.15) is 71.4 Å². The van der Waals surface area contributed by atoms with Gasteiger partial charge in [-0.05, 0) is 38.2 Å². The van der Waals surface area contributed by atoms with Crippen molar-refractivity contribution in [3.63, 3.8) is 0 Å². The first kappa shape index (κ1) is 33.0. The SMILES string of the molecule is CCC[C@@H]1NC(=O)[C@H](CCCN=C(N)N)NC(=O)[C@](C)(NC(=O)C(C)C)CCNC(=O)[C@@H](c2ccccc2)NC1=O. The number of aliphatic imine (C=N–C) groups is 1. The molecule has 0 aliphatic carbocycles. The molecular weight excluding hydrogens is 528 g/mol. The zero-order valence-electron chi connectivity index (χ0n) is 24.3. The van der Waals surface area contributed by atoms with E-state index < -0.39 is 53.2 Å². The number of nitrogens with one attached hydrogen (secondary N) is 5. The van der Waals surface area contributed by atoms with Gasteiger partial charge in [-0.2, -0.15) is 0 Å². The molecule has 0 bridgehead atoms. The van der Waals surface area contributed by atoms with Gasteiger partial charge in [-0.15, -0.1) is 0 Å². The maximum absolute atomic E-state index is 13.6. The molecule has 41 heavy (non-hydrogen) atoms. The number of nitrogens with two attached hydrogens (primary N) is 2. The fourth-order valence-corrected chi connectivity index (χ4v) is 4.30. The first-order valence-electron chi connectivity index (χ1n) is 14.0. The summed E-state index contributed by atoms with van der Waals surface area (Å²) in [5.41, 5.74) is 9.91. The molecule has 9 N–H and O–H groups in total. The minimum atomic E-state index is -1.45. The Kier molecular flexibility index (Phi) is 12.6. The number of benzene rings is 1. The van der Waals surface area contributed by atoms with Gasteiger partial charge < -0.3 is 38.1 Å². The summed E-state index contributed by atoms with van der Waals surface area (Å²) < 4.78 is 0. The standard InChI is InChI=1S/C28H44N8O5/c1-5-10-19-24(39)35-21(18-11-7-6-8-12-18)25(40)31-16-14-28(4,36-22(37)17(2)3)26(41)34-20(23(38)33-19)13-9-15-32-27(29)30/h6-8,11-12,17,19-21H,5,9-10,13-16H2,1-4H3,(H,31,40)(H,33,38)(H,34,41)(H,35,39)(H,36,37)(H4,29,30,32)/t19-,20-,21+,28+/m0/s1. The molecule has 0 aromatic heterocycles. The van der Waals surface area contributed by atoms with Gasteiger partial charge in [0.15, 0.2) is 5.96 Å². The number of hydrogen-bond donors (Lipinski definition) is 7. The van der Waals surface area contributed by atoms with Crippen LogP contribution in [0.5, 0.6) is 0 Å². The number of rotatable bonds is 9. The van der Waals surface area contributed by atoms with Gasteiger partial charge in [0.1, 0.15) is 23.7 Å². The zero-order valence-corrected chi connectivity index (χ0v) is 24.3. The number of amides is 5. The average molecular weight is 573 g/mol. The molecule has 1 aliphatic heterocycles. The third kappa shape index (κ3) is 10.1. The van der Waals surface area contributed by atoms with Gasteiger partial charge in [0.05, 0.1) is 0 Å². The number of carbonyl (C=O) groups excluding carboxylic acids is 5. The second kappa shape index (κ2) is 15.6. The topological polar surface area (TPSA) is 210 Å². The van der Waals surface area contributed by atoms with E-state index in [-0.39, 0.29) is 37.8 Å². The van der Waals surface area contributed by atoms with Crippen LogP contribution in [0.2, 0.25) is 0 Å². The summed E-state index contributed by atoms with van der Waals surface area (Å²) in [7, 11) is 0. The molecule has 13 heteroatoms. The molecule has 0 saturated carbocycles. The van der Waals surface area contributed by atoms with Crippen molar-refractivity contribution in [3.8, 4) is 0 Å². The molecular formula is C28H44N8O5. The van der Waals surface area contributed by atoms with E-state index in [2.05, 4.69) is 31.6 Å². The Morgan fingerprint density at radius 3 is 2.24 bits per heavy atom. The highest BCUT2D eigenvalue weighted by Gasteiger charge is 2.39. The van der Waals surface area contributed by atoms with Crippen LogP contribution in [-0.4, -0.2) is 66.2 Å². The van der Waals surface area contributed by atoms with Crippen molar-refractivity contribution >= 4 is 35.5 Å². The van der Waals surface area contributed by atoms with Crippen LogP contribution in [-0.2, 0) is 24.0 Å². The van der Waals surface area contributed by atoms with Gasteiger partial charge in [0.2, 0.25) is 29.5 Å². The third-order valence-electron chi connectivity index (χ3n) is 6.81. The Bertz CT molecular complexity index is 1110. The monoisotopic (exact) mass is 572 g/mol. The second-order valence-electron chi connectivity index (χ2n) is 10.7. The zero-order chi connectivity index (χ0) is 30.6. The molecule has 0 spiro atoms. The highest BCUT2D eigenvalue weighted by atomic mass is 16.2. The lowest BCUT2D eigenvalue weighted by Gasteiger charge is -2.33. The van der Waals surface area contributed by atoms with Crippen molar-refractivity contribution in [1.82, 2.24) is 26.6 Å². The Balaban J connectivity index is 2.48. The van der Waals surface area contributed by atoms with Gasteiger partial charge >= 0.3 is 0 Å². The lowest BCUT2D eigenvalue weighted by molar-refractivity contribution is -0.138. The summed E-state index contributed by atoms with van der Waals surface area (Å²) in [4.78, 5) is 70.4. The lowest BCUT2D eigenvalue weighted by atomic mass is 9.93. The fourth-order valence-electron chi connectivity index (χ4n) is 4.30. The van der Waals surface area contributed by atoms with Crippen molar-refractivity contribution in [2.75, 3.05) is 13.1 Å². The fraction of sp³-hybridized carbons (Fsp3) is 0.571. The first-order chi connectivity index (χ1) is 19.4. The molecule has 4 atom stereocenters. The molecule has 1 aliphatic rings. The normalized spacial score (nSPS) is 24.3. The molecule has 1 aromatic carbocycles. The van der Waals surface area contributed by atoms with Gasteiger partial charge in [0.25, 0.3) is 0 Å². The van der Waals surface area contributed by atoms with E-state index in [4.69, 9.17) is 11.5 Å². The van der Waals surface area contributed by atoms with Crippen LogP contribution < -0.4 is 38.1 Å². The molecule has 0 unspecified atom stereocenters. The quantitative estimate of drug-likeness (QED) is 0.119. The maximum Gasteiger partial charge on any atom is 0.247 e. The van der Waals surface area contributed by atoms with Crippen LogP contribution in [0.15, 0.2) is 35.3 Å². The van der Waals surface area contributed by atoms with E-state index >= 15 is 0 Å². The molecule has 5 amide bonds. The molecule has 226 valence electrons. The summed E-state index contributed by atoms with van der Waals surface area (Å²) in [6.45, 7) is 7.05. The van der Waals surface area contributed by atoms with Crippen LogP contribution in [0.3, 0.4) is 0 Å². The summed E-state index contributed by atoms with van der Waals surface area (Å²) in [5, 5.41) is 13.8. The Hall–Kier alpha value is -4.16. The molecule has 13 nitrogen and oxygen atoms in total. The van der Waals surface area contributed by atoms with Gasteiger partial charge in [-0.1, -0.05) is 57.5 Å². The van der Waals surface area contributed by atoms with E-state index in [1.54, 1.807) is 51.1 Å². The van der Waals surface area contributed by atoms with Crippen molar-refractivity contribution in [2.45, 2.75) is 83.5 Å². The Morgan fingerprint density at radius 2 is 1.63 bits per heavy atom. The van der Waals surface area contributed by atoms with E-state index in [9.17, 15) is 24.0 Å². The maximum atomic E-state index is 13.6. The summed E-state index contributed by atoms with van der Waals surface area (Å²) in [6, 6.07) is 5.69. The summed E-state index contributed by atoms with van der Waals surface area (Å²) in [5.74, 6) is -3.06. The molecule has 2 rings (SSSR count). The van der Waals surface area contributed by atoms with Crippen LogP contribution >= 0.6 is 0 Å². The first-order valence-corrected chi connectivity index (χ1v) is 14.0. The average Bonchev–Trinajstić information content (AvgIpc) is 2.92. The lowest BCUT2D eigenvalue weighted by Crippen LogP contribution is -2.63. The van der Waals surface area contributed by atoms with Crippen LogP contribution in [0, 0.1) is 5.92 Å². The third-order valence-corrected chi connectivity index (χ3v) is 6.81. The Morgan fingerprint density at radius 1 is 1.00 bits per heavy atom. The molecule has 1 saturated heterocycles. The minimum absolute atomic E-state index is 0.0140. The highest BCUT2D eigenvalue weighted by molar-refractivity contribution is 5.97. The number of carbonyl (C=O) groups is 5. The number of guanidine groups is 1. The van der Waals surface area contributed by atoms with E-state index in [1.165, 1.54) is 0 Å². The van der Waals surface area contributed by atoms with Crippen molar-refractivity contribution in [3.05, 3.63) is 35.9 Å². The summed E-state index contributed by atoms with van der Waals surface area (Å²) in [6.07, 6.45) is 1.44. The van der Waals surface area contributed by atoms with E-state index in [0.29, 0.717) is 24.8 Å². The predicted molar refractivity (Wildman–Crippen MR) is 155 cm³/mol. The Labute approximate surface area is 241 Å². The molecule has 1 fully saturated rings. The second-order valence-corrected chi connectivity index (χ2v) is 10.7. The molecule has 0 radical (unpaired) electrons. The summed E-state index contributed by atoms with van der Waals surface area (Å²) >= 11 is 0. The minimum Gasteiger partial charge on any atom is -0.370 e. The van der Waals surface area contributed by atoms with E-state index in [1.807, 2.05) is 6.92 Å². The number of nitrogens with zero attached hydrogens (tertiary/aromatic N) is 1. The van der Waals surface area contributed by atoms with E-state index in [0.717, 1.165) is 0 Å². The van der Waals surface area contributed by atoms with Crippen molar-refractivity contribution < 1.29 is 24.0 Å². The van der Waals surface area contributed by atoms with Gasteiger partial charge in [0, 0.05) is 19.0 Å². The smallest absolute Gasteiger partial charge is 0.247 e.